The molecular formula is C14H18NO. The number of nitrogens with zero attached hydrogens (tertiary/aromatic N) is 1. The molecule has 0 bridgehead atoms. The van der Waals surface area contributed by atoms with Gasteiger partial charge in [-0.1, -0.05) is 32.9 Å². The summed E-state index contributed by atoms with van der Waals surface area (Å²) < 4.78 is 0. The molecule has 0 spiro atoms. The van der Waals surface area contributed by atoms with Crippen LogP contribution >= 0.6 is 0 Å². The fourth-order valence-corrected chi connectivity index (χ4v) is 1.86. The Hall–Kier alpha value is -1.33. The molecule has 2 heteroatoms. The average Bonchev–Trinajstić information content (AvgIpc) is 2.25. The average molecular weight is 216 g/mol. The molecule has 0 aliphatic rings. The van der Waals surface area contributed by atoms with E-state index in [1.54, 1.807) is 0 Å². The van der Waals surface area contributed by atoms with Crippen molar-refractivity contribution in [2.75, 3.05) is 6.61 Å². The lowest BCUT2D eigenvalue weighted by atomic mass is 9.75. The first kappa shape index (κ1) is 12.7. The van der Waals surface area contributed by atoms with E-state index in [4.69, 9.17) is 10.4 Å². The quantitative estimate of drug-likeness (QED) is 0.844. The number of hydrogen-bond acceptors (Lipinski definition) is 2. The summed E-state index contributed by atoms with van der Waals surface area (Å²) in [7, 11) is 0. The van der Waals surface area contributed by atoms with Crippen molar-refractivity contribution in [3.63, 3.8) is 0 Å². The molecule has 0 fully saturated rings. The van der Waals surface area contributed by atoms with Crippen LogP contribution in [0.5, 0.6) is 0 Å². The summed E-state index contributed by atoms with van der Waals surface area (Å²) in [6, 6.07) is 9.66. The molecule has 0 aliphatic carbocycles. The lowest BCUT2D eigenvalue weighted by Crippen LogP contribution is -2.20. The molecule has 0 heterocycles. The minimum Gasteiger partial charge on any atom is -0.396 e. The molecule has 1 N–H and O–H groups in total. The minimum atomic E-state index is 0.0664. The zero-order valence-electron chi connectivity index (χ0n) is 10.1. The van der Waals surface area contributed by atoms with E-state index in [1.807, 2.05) is 30.7 Å². The van der Waals surface area contributed by atoms with Crippen LogP contribution in [0.25, 0.3) is 0 Å². The molecule has 0 aliphatic heterocycles. The molecule has 16 heavy (non-hydrogen) atoms. The fourth-order valence-electron chi connectivity index (χ4n) is 1.86. The van der Waals surface area contributed by atoms with E-state index >= 15 is 0 Å². The molecular weight excluding hydrogens is 198 g/mol. The smallest absolute Gasteiger partial charge is 0.0991 e. The van der Waals surface area contributed by atoms with Crippen molar-refractivity contribution in [1.82, 2.24) is 0 Å². The Labute approximate surface area is 97.5 Å². The van der Waals surface area contributed by atoms with Crippen molar-refractivity contribution >= 4 is 0 Å². The molecule has 1 aromatic carbocycles. The van der Waals surface area contributed by atoms with E-state index in [0.29, 0.717) is 5.56 Å². The second-order valence-electron chi connectivity index (χ2n) is 5.00. The van der Waals surface area contributed by atoms with Crippen molar-refractivity contribution in [2.24, 2.45) is 5.41 Å². The molecule has 1 atom stereocenters. The van der Waals surface area contributed by atoms with Gasteiger partial charge in [0.05, 0.1) is 11.6 Å². The van der Waals surface area contributed by atoms with Gasteiger partial charge in [-0.2, -0.15) is 5.26 Å². The second kappa shape index (κ2) is 5.14. The van der Waals surface area contributed by atoms with Gasteiger partial charge in [0.25, 0.3) is 0 Å². The van der Waals surface area contributed by atoms with Crippen LogP contribution in [0.3, 0.4) is 0 Å². The predicted molar refractivity (Wildman–Crippen MR) is 64.7 cm³/mol. The summed E-state index contributed by atoms with van der Waals surface area (Å²) in [5.74, 6) is 0.199. The lowest BCUT2D eigenvalue weighted by Gasteiger charge is -2.30. The van der Waals surface area contributed by atoms with Crippen LogP contribution in [-0.4, -0.2) is 11.7 Å². The Kier molecular flexibility index (Phi) is 4.09. The third-order valence-corrected chi connectivity index (χ3v) is 2.67. The summed E-state index contributed by atoms with van der Waals surface area (Å²) in [6.07, 6.45) is 1.90. The van der Waals surface area contributed by atoms with Crippen molar-refractivity contribution in [2.45, 2.75) is 26.7 Å². The van der Waals surface area contributed by atoms with E-state index in [-0.39, 0.29) is 17.9 Å². The Morgan fingerprint density at radius 1 is 1.31 bits per heavy atom. The molecule has 2 nitrogen and oxygen atoms in total. The SMILES string of the molecule is CC(C)(C)C([CH]CO)c1ccc(C#N)cc1. The second-order valence-corrected chi connectivity index (χ2v) is 5.00. The highest BCUT2D eigenvalue weighted by Crippen LogP contribution is 2.36. The molecule has 1 unspecified atom stereocenters. The molecule has 1 rings (SSSR count). The van der Waals surface area contributed by atoms with Gasteiger partial charge in [0.2, 0.25) is 0 Å². The Morgan fingerprint density at radius 3 is 2.25 bits per heavy atom. The molecule has 0 amide bonds. The standard InChI is InChI=1S/C14H18NO/c1-14(2,3)13(8-9-16)12-6-4-11(10-15)5-7-12/h4-8,13,16H,9H2,1-3H3. The number of nitriles is 1. The third-order valence-electron chi connectivity index (χ3n) is 2.67. The maximum atomic E-state index is 9.05. The van der Waals surface area contributed by atoms with Crippen molar-refractivity contribution in [1.29, 1.82) is 5.26 Å². The minimum absolute atomic E-state index is 0.0664. The molecule has 85 valence electrons. The van der Waals surface area contributed by atoms with E-state index in [0.717, 1.165) is 5.56 Å². The Bertz CT molecular complexity index is 367. The summed E-state index contributed by atoms with van der Waals surface area (Å²) in [5, 5.41) is 17.8. The van der Waals surface area contributed by atoms with Crippen LogP contribution in [0.15, 0.2) is 24.3 Å². The first-order valence-electron chi connectivity index (χ1n) is 5.43. The third kappa shape index (κ3) is 3.08. The number of rotatable bonds is 3. The van der Waals surface area contributed by atoms with Crippen LogP contribution in [0.2, 0.25) is 0 Å². The molecule has 0 saturated carbocycles. The Balaban J connectivity index is 2.98. The van der Waals surface area contributed by atoms with Crippen molar-refractivity contribution in [3.8, 4) is 6.07 Å². The highest BCUT2D eigenvalue weighted by atomic mass is 16.3. The molecule has 0 saturated heterocycles. The zero-order chi connectivity index (χ0) is 12.2. The van der Waals surface area contributed by atoms with Gasteiger partial charge in [-0.05, 0) is 35.4 Å². The van der Waals surface area contributed by atoms with Crippen molar-refractivity contribution in [3.05, 3.63) is 41.8 Å². The van der Waals surface area contributed by atoms with Gasteiger partial charge in [-0.3, -0.25) is 0 Å². The summed E-state index contributed by atoms with van der Waals surface area (Å²) >= 11 is 0. The van der Waals surface area contributed by atoms with Gasteiger partial charge in [0, 0.05) is 6.61 Å². The highest BCUT2D eigenvalue weighted by Gasteiger charge is 2.25. The van der Waals surface area contributed by atoms with Crippen LogP contribution in [0.4, 0.5) is 0 Å². The van der Waals surface area contributed by atoms with Gasteiger partial charge < -0.3 is 5.11 Å². The molecule has 1 radical (unpaired) electrons. The molecule has 0 aromatic heterocycles. The summed E-state index contributed by atoms with van der Waals surface area (Å²) in [4.78, 5) is 0. The van der Waals surface area contributed by atoms with Crippen LogP contribution in [0.1, 0.15) is 37.8 Å². The predicted octanol–water partition coefficient (Wildman–Crippen LogP) is 2.88. The van der Waals surface area contributed by atoms with Crippen LogP contribution in [-0.2, 0) is 0 Å². The Morgan fingerprint density at radius 2 is 1.88 bits per heavy atom. The van der Waals surface area contributed by atoms with Crippen LogP contribution in [0, 0.1) is 23.2 Å². The van der Waals surface area contributed by atoms with Crippen LogP contribution < -0.4 is 0 Å². The van der Waals surface area contributed by atoms with E-state index in [2.05, 4.69) is 26.8 Å². The maximum absolute atomic E-state index is 9.05. The number of aliphatic hydroxyl groups excluding tert-OH is 1. The van der Waals surface area contributed by atoms with E-state index in [9.17, 15) is 0 Å². The number of aliphatic hydroxyl groups is 1. The van der Waals surface area contributed by atoms with Crippen molar-refractivity contribution < 1.29 is 5.11 Å². The first-order valence-corrected chi connectivity index (χ1v) is 5.43. The highest BCUT2D eigenvalue weighted by molar-refractivity contribution is 5.34. The zero-order valence-corrected chi connectivity index (χ0v) is 10.1. The number of benzene rings is 1. The summed E-state index contributed by atoms with van der Waals surface area (Å²) in [5.41, 5.74) is 1.87. The maximum Gasteiger partial charge on any atom is 0.0991 e. The largest absolute Gasteiger partial charge is 0.396 e. The monoisotopic (exact) mass is 216 g/mol. The van der Waals surface area contributed by atoms with Gasteiger partial charge in [0.15, 0.2) is 0 Å². The number of hydrogen-bond donors (Lipinski definition) is 1. The normalized spacial score (nSPS) is 13.2. The fraction of sp³-hybridized carbons (Fsp3) is 0.429. The van der Waals surface area contributed by atoms with Gasteiger partial charge >= 0.3 is 0 Å². The lowest BCUT2D eigenvalue weighted by molar-refractivity contribution is 0.278. The van der Waals surface area contributed by atoms with E-state index < -0.39 is 0 Å². The first-order chi connectivity index (χ1) is 7.49. The van der Waals surface area contributed by atoms with Gasteiger partial charge in [0.1, 0.15) is 0 Å². The topological polar surface area (TPSA) is 44.0 Å². The molecule has 1 aromatic rings. The van der Waals surface area contributed by atoms with Gasteiger partial charge in [-0.15, -0.1) is 0 Å². The van der Waals surface area contributed by atoms with Gasteiger partial charge in [-0.25, -0.2) is 0 Å². The van der Waals surface area contributed by atoms with E-state index in [1.165, 1.54) is 0 Å². The summed E-state index contributed by atoms with van der Waals surface area (Å²) in [6.45, 7) is 6.49.